The van der Waals surface area contributed by atoms with Crippen molar-refractivity contribution in [1.29, 1.82) is 0 Å². The van der Waals surface area contributed by atoms with Crippen molar-refractivity contribution in [2.75, 3.05) is 0 Å². The van der Waals surface area contributed by atoms with Crippen LogP contribution in [-0.4, -0.2) is 4.98 Å². The highest BCUT2D eigenvalue weighted by Crippen LogP contribution is 2.16. The van der Waals surface area contributed by atoms with Crippen molar-refractivity contribution in [2.45, 2.75) is 0 Å². The molecule has 2 heteroatoms. The van der Waals surface area contributed by atoms with E-state index >= 15 is 0 Å². The van der Waals surface area contributed by atoms with Crippen LogP contribution in [0.3, 0.4) is 0 Å². The summed E-state index contributed by atoms with van der Waals surface area (Å²) in [6.45, 7) is 0.506. The molecule has 0 unspecified atom stereocenters. The second-order valence-corrected chi connectivity index (χ2v) is 2.92. The molecule has 0 atom stereocenters. The van der Waals surface area contributed by atoms with Crippen LogP contribution in [0.5, 0.6) is 0 Å². The molecule has 14 heavy (non-hydrogen) atoms. The zero-order chi connectivity index (χ0) is 9.80. The van der Waals surface area contributed by atoms with Crippen LogP contribution in [0.4, 0.5) is 4.39 Å². The van der Waals surface area contributed by atoms with E-state index in [2.05, 4.69) is 4.98 Å². The van der Waals surface area contributed by atoms with E-state index in [0.29, 0.717) is 12.4 Å². The van der Waals surface area contributed by atoms with Crippen LogP contribution in [0.15, 0.2) is 48.5 Å². The topological polar surface area (TPSA) is 12.9 Å². The molecule has 1 aromatic carbocycles. The summed E-state index contributed by atoms with van der Waals surface area (Å²) in [6.07, 6.45) is 0. The highest BCUT2D eigenvalue weighted by molar-refractivity contribution is 5.58. The summed E-state index contributed by atoms with van der Waals surface area (Å²) in [4.78, 5) is 4.13. The van der Waals surface area contributed by atoms with Gasteiger partial charge in [-0.05, 0) is 12.1 Å². The van der Waals surface area contributed by atoms with E-state index in [4.69, 9.17) is 0 Å². The molecule has 0 bridgehead atoms. The third kappa shape index (κ3) is 1.79. The van der Waals surface area contributed by atoms with Gasteiger partial charge in [-0.15, -0.1) is 0 Å². The van der Waals surface area contributed by atoms with E-state index in [1.807, 2.05) is 36.4 Å². The van der Waals surface area contributed by atoms with Crippen LogP contribution >= 0.6 is 0 Å². The maximum Gasteiger partial charge on any atom is 0.179 e. The van der Waals surface area contributed by atoms with Crippen molar-refractivity contribution < 1.29 is 4.39 Å². The van der Waals surface area contributed by atoms with Crippen LogP contribution in [0.2, 0.25) is 0 Å². The largest absolute Gasteiger partial charge is 0.250 e. The molecular weight excluding hydrogens is 177 g/mol. The summed E-state index contributed by atoms with van der Waals surface area (Å²) >= 11 is 0. The monoisotopic (exact) mass is 186 g/mol. The molecule has 0 aliphatic heterocycles. The molecule has 0 N–H and O–H groups in total. The van der Waals surface area contributed by atoms with Gasteiger partial charge < -0.3 is 0 Å². The van der Waals surface area contributed by atoms with Crippen molar-refractivity contribution in [3.63, 3.8) is 0 Å². The Morgan fingerprint density at radius 3 is 2.43 bits per heavy atom. The lowest BCUT2D eigenvalue weighted by atomic mass is 10.1. The number of benzene rings is 1. The minimum absolute atomic E-state index is 0.353. The first-order valence-corrected chi connectivity index (χ1v) is 4.36. The van der Waals surface area contributed by atoms with Crippen molar-refractivity contribution >= 4 is 0 Å². The average Bonchev–Trinajstić information content (AvgIpc) is 2.30. The summed E-state index contributed by atoms with van der Waals surface area (Å²) in [5.41, 5.74) is 2.14. The van der Waals surface area contributed by atoms with E-state index in [-0.39, 0.29) is 0 Å². The molecule has 0 spiro atoms. The van der Waals surface area contributed by atoms with Gasteiger partial charge in [-0.25, -0.2) is 9.37 Å². The molecule has 0 amide bonds. The molecule has 0 aliphatic carbocycles. The van der Waals surface area contributed by atoms with Gasteiger partial charge in [-0.3, -0.25) is 0 Å². The number of pyridine rings is 1. The van der Waals surface area contributed by atoms with Crippen molar-refractivity contribution in [3.8, 4) is 11.3 Å². The highest BCUT2D eigenvalue weighted by atomic mass is 19.1. The second kappa shape index (κ2) is 4.01. The summed E-state index contributed by atoms with van der Waals surface area (Å²) < 4.78 is 12.2. The van der Waals surface area contributed by atoms with Gasteiger partial charge in [0, 0.05) is 5.56 Å². The highest BCUT2D eigenvalue weighted by Gasteiger charge is 1.99. The third-order valence-corrected chi connectivity index (χ3v) is 1.95. The normalized spacial score (nSPS) is 10.1. The Kier molecular flexibility index (Phi) is 2.54. The maximum atomic E-state index is 12.2. The number of halogens is 1. The van der Waals surface area contributed by atoms with Crippen LogP contribution in [0, 0.1) is 6.67 Å². The Bertz CT molecular complexity index is 412. The molecular formula is C12H9FN. The predicted octanol–water partition coefficient (Wildman–Crippen LogP) is 3.23. The van der Waals surface area contributed by atoms with E-state index in [1.54, 1.807) is 12.1 Å². The van der Waals surface area contributed by atoms with Gasteiger partial charge in [0.05, 0.1) is 11.4 Å². The minimum Gasteiger partial charge on any atom is -0.250 e. The predicted molar refractivity (Wildman–Crippen MR) is 54.2 cm³/mol. The Hall–Kier alpha value is -1.70. The zero-order valence-corrected chi connectivity index (χ0v) is 7.52. The third-order valence-electron chi connectivity index (χ3n) is 1.95. The van der Waals surface area contributed by atoms with E-state index in [1.165, 1.54) is 0 Å². The molecule has 1 heterocycles. The van der Waals surface area contributed by atoms with E-state index in [9.17, 15) is 4.39 Å². The van der Waals surface area contributed by atoms with Crippen LogP contribution in [-0.2, 0) is 0 Å². The smallest absolute Gasteiger partial charge is 0.179 e. The number of rotatable bonds is 2. The molecule has 69 valence electrons. The zero-order valence-electron chi connectivity index (χ0n) is 7.52. The average molecular weight is 186 g/mol. The Balaban J connectivity index is 2.42. The lowest BCUT2D eigenvalue weighted by Gasteiger charge is -2.00. The standard InChI is InChI=1S/C12H9FN/c13-9-11-7-4-8-12(14-11)10-5-2-1-3-6-10/h1-9H. The lowest BCUT2D eigenvalue weighted by Crippen LogP contribution is -1.87. The summed E-state index contributed by atoms with van der Waals surface area (Å²) in [5, 5.41) is 0. The van der Waals surface area contributed by atoms with Gasteiger partial charge in [0.1, 0.15) is 0 Å². The molecule has 0 saturated heterocycles. The fraction of sp³-hybridized carbons (Fsp3) is 0. The van der Waals surface area contributed by atoms with Crippen LogP contribution in [0.25, 0.3) is 11.3 Å². The maximum absolute atomic E-state index is 12.2. The lowest BCUT2D eigenvalue weighted by molar-refractivity contribution is 0.638. The fourth-order valence-electron chi connectivity index (χ4n) is 1.28. The first kappa shape index (κ1) is 8.88. The van der Waals surface area contributed by atoms with Gasteiger partial charge >= 0.3 is 0 Å². The van der Waals surface area contributed by atoms with Gasteiger partial charge in [0.25, 0.3) is 0 Å². The molecule has 1 radical (unpaired) electrons. The number of nitrogens with zero attached hydrogens (tertiary/aromatic N) is 1. The van der Waals surface area contributed by atoms with E-state index < -0.39 is 0 Å². The van der Waals surface area contributed by atoms with Crippen molar-refractivity contribution in [2.24, 2.45) is 0 Å². The molecule has 2 rings (SSSR count). The minimum atomic E-state index is 0.353. The number of hydrogen-bond donors (Lipinski definition) is 0. The van der Waals surface area contributed by atoms with Crippen LogP contribution in [0.1, 0.15) is 5.69 Å². The molecule has 2 aromatic rings. The van der Waals surface area contributed by atoms with E-state index in [0.717, 1.165) is 11.3 Å². The second-order valence-electron chi connectivity index (χ2n) is 2.92. The Morgan fingerprint density at radius 1 is 0.929 bits per heavy atom. The first-order chi connectivity index (χ1) is 6.90. The molecule has 0 fully saturated rings. The summed E-state index contributed by atoms with van der Waals surface area (Å²) in [5.74, 6) is 0. The summed E-state index contributed by atoms with van der Waals surface area (Å²) in [6, 6.07) is 15.0. The number of hydrogen-bond acceptors (Lipinski definition) is 1. The molecule has 1 nitrogen and oxygen atoms in total. The summed E-state index contributed by atoms with van der Waals surface area (Å²) in [7, 11) is 0. The van der Waals surface area contributed by atoms with Crippen LogP contribution < -0.4 is 0 Å². The first-order valence-electron chi connectivity index (χ1n) is 4.36. The SMILES string of the molecule is F[CH]c1cccc(-c2ccccc2)n1. The Morgan fingerprint density at radius 2 is 1.71 bits per heavy atom. The van der Waals surface area contributed by atoms with Crippen molar-refractivity contribution in [1.82, 2.24) is 4.98 Å². The van der Waals surface area contributed by atoms with Gasteiger partial charge in [-0.2, -0.15) is 0 Å². The van der Waals surface area contributed by atoms with Gasteiger partial charge in [0.2, 0.25) is 0 Å². The van der Waals surface area contributed by atoms with Crippen molar-refractivity contribution in [3.05, 3.63) is 60.9 Å². The quantitative estimate of drug-likeness (QED) is 0.701. The molecule has 1 aromatic heterocycles. The number of aromatic nitrogens is 1. The van der Waals surface area contributed by atoms with Gasteiger partial charge in [0.15, 0.2) is 6.67 Å². The molecule has 0 aliphatic rings. The fourth-order valence-corrected chi connectivity index (χ4v) is 1.28. The van der Waals surface area contributed by atoms with Gasteiger partial charge in [-0.1, -0.05) is 36.4 Å². The Labute approximate surface area is 82.2 Å². The molecule has 0 saturated carbocycles.